The van der Waals surface area contributed by atoms with Crippen molar-refractivity contribution in [2.75, 3.05) is 20.1 Å². The van der Waals surface area contributed by atoms with E-state index >= 15 is 0 Å². The molecule has 2 heterocycles. The Morgan fingerprint density at radius 2 is 1.88 bits per heavy atom. The minimum Gasteiger partial charge on any atom is -0.486 e. The van der Waals surface area contributed by atoms with Crippen LogP contribution in [0.5, 0.6) is 5.75 Å². The zero-order valence-corrected chi connectivity index (χ0v) is 20.3. The minimum absolute atomic E-state index is 0.0743. The second-order valence-corrected chi connectivity index (χ2v) is 8.98. The van der Waals surface area contributed by atoms with Crippen molar-refractivity contribution in [1.29, 1.82) is 0 Å². The zero-order chi connectivity index (χ0) is 24.2. The third kappa shape index (κ3) is 4.86. The van der Waals surface area contributed by atoms with Gasteiger partial charge in [0.15, 0.2) is 5.76 Å². The number of carbonyl (C=O) groups excluding carboxylic acids is 2. The van der Waals surface area contributed by atoms with Gasteiger partial charge in [-0.05, 0) is 54.3 Å². The SMILES string of the molecule is CCN(C)C(=O)c1ccc(COc2ccc3c(c2)[C@@H](c2ccccc2)N(C(=O)C(C)C)CC3)o1. The lowest BCUT2D eigenvalue weighted by molar-refractivity contribution is -0.136. The van der Waals surface area contributed by atoms with Gasteiger partial charge in [-0.3, -0.25) is 9.59 Å². The number of nitrogens with zero attached hydrogens (tertiary/aromatic N) is 2. The molecule has 0 fully saturated rings. The number of amides is 2. The predicted octanol–water partition coefficient (Wildman–Crippen LogP) is 5.08. The summed E-state index contributed by atoms with van der Waals surface area (Å²) in [5, 5.41) is 0. The first kappa shape index (κ1) is 23.6. The van der Waals surface area contributed by atoms with Crippen LogP contribution in [0, 0.1) is 5.92 Å². The number of hydrogen-bond acceptors (Lipinski definition) is 4. The van der Waals surface area contributed by atoms with E-state index in [1.54, 1.807) is 24.1 Å². The molecule has 0 radical (unpaired) electrons. The van der Waals surface area contributed by atoms with Crippen LogP contribution in [0.1, 0.15) is 59.8 Å². The molecule has 1 aliphatic heterocycles. The molecule has 1 aromatic heterocycles. The Kier molecular flexibility index (Phi) is 7.06. The maximum absolute atomic E-state index is 13.1. The maximum Gasteiger partial charge on any atom is 0.289 e. The van der Waals surface area contributed by atoms with Crippen molar-refractivity contribution < 1.29 is 18.7 Å². The van der Waals surface area contributed by atoms with E-state index in [9.17, 15) is 9.59 Å². The van der Waals surface area contributed by atoms with Crippen LogP contribution in [0.4, 0.5) is 0 Å². The van der Waals surface area contributed by atoms with Crippen molar-refractivity contribution in [2.24, 2.45) is 5.92 Å². The molecule has 0 aliphatic carbocycles. The molecule has 6 heteroatoms. The Labute approximate surface area is 201 Å². The number of rotatable bonds is 7. The Morgan fingerprint density at radius 3 is 2.59 bits per heavy atom. The summed E-state index contributed by atoms with van der Waals surface area (Å²) in [6, 6.07) is 19.5. The lowest BCUT2D eigenvalue weighted by Gasteiger charge is -2.39. The minimum atomic E-state index is -0.152. The molecule has 2 amide bonds. The highest BCUT2D eigenvalue weighted by molar-refractivity contribution is 5.91. The number of carbonyl (C=O) groups is 2. The first-order valence-electron chi connectivity index (χ1n) is 11.8. The molecule has 0 saturated carbocycles. The predicted molar refractivity (Wildman–Crippen MR) is 131 cm³/mol. The van der Waals surface area contributed by atoms with Crippen molar-refractivity contribution in [3.05, 3.63) is 88.9 Å². The summed E-state index contributed by atoms with van der Waals surface area (Å²) in [6.45, 7) is 7.32. The van der Waals surface area contributed by atoms with Crippen LogP contribution in [0.2, 0.25) is 0 Å². The molecule has 178 valence electrons. The number of hydrogen-bond donors (Lipinski definition) is 0. The highest BCUT2D eigenvalue weighted by atomic mass is 16.5. The van der Waals surface area contributed by atoms with E-state index in [0.29, 0.717) is 30.4 Å². The highest BCUT2D eigenvalue weighted by Crippen LogP contribution is 2.38. The van der Waals surface area contributed by atoms with Crippen molar-refractivity contribution in [1.82, 2.24) is 9.80 Å². The summed E-state index contributed by atoms with van der Waals surface area (Å²) in [6.07, 6.45) is 0.812. The Hall–Kier alpha value is -3.54. The molecule has 0 saturated heterocycles. The van der Waals surface area contributed by atoms with E-state index in [-0.39, 0.29) is 30.4 Å². The molecule has 1 atom stereocenters. The lowest BCUT2D eigenvalue weighted by Crippen LogP contribution is -2.42. The molecular weight excluding hydrogens is 428 g/mol. The average Bonchev–Trinajstić information content (AvgIpc) is 3.34. The number of furan rings is 1. The summed E-state index contributed by atoms with van der Waals surface area (Å²) in [5.41, 5.74) is 3.40. The van der Waals surface area contributed by atoms with E-state index in [1.807, 2.05) is 56.0 Å². The van der Waals surface area contributed by atoms with Gasteiger partial charge in [0, 0.05) is 26.1 Å². The van der Waals surface area contributed by atoms with Crippen molar-refractivity contribution >= 4 is 11.8 Å². The molecule has 0 N–H and O–H groups in total. The van der Waals surface area contributed by atoms with Crippen LogP contribution in [0.3, 0.4) is 0 Å². The fourth-order valence-corrected chi connectivity index (χ4v) is 4.30. The molecule has 34 heavy (non-hydrogen) atoms. The van der Waals surface area contributed by atoms with E-state index in [1.165, 1.54) is 5.56 Å². The molecule has 0 bridgehead atoms. The monoisotopic (exact) mass is 460 g/mol. The third-order valence-electron chi connectivity index (χ3n) is 6.31. The van der Waals surface area contributed by atoms with E-state index in [2.05, 4.69) is 18.2 Å². The first-order chi connectivity index (χ1) is 16.4. The van der Waals surface area contributed by atoms with Gasteiger partial charge in [-0.25, -0.2) is 0 Å². The second kappa shape index (κ2) is 10.2. The molecule has 0 unspecified atom stereocenters. The third-order valence-corrected chi connectivity index (χ3v) is 6.31. The maximum atomic E-state index is 13.1. The molecule has 3 aromatic rings. The fourth-order valence-electron chi connectivity index (χ4n) is 4.30. The lowest BCUT2D eigenvalue weighted by atomic mass is 9.87. The molecule has 2 aromatic carbocycles. The van der Waals surface area contributed by atoms with E-state index in [0.717, 1.165) is 17.5 Å². The van der Waals surface area contributed by atoms with Gasteiger partial charge in [-0.2, -0.15) is 0 Å². The van der Waals surface area contributed by atoms with Crippen molar-refractivity contribution in [3.63, 3.8) is 0 Å². The Morgan fingerprint density at radius 1 is 1.12 bits per heavy atom. The van der Waals surface area contributed by atoms with Gasteiger partial charge in [-0.1, -0.05) is 50.2 Å². The normalized spacial score (nSPS) is 15.2. The van der Waals surface area contributed by atoms with Crippen LogP contribution in [-0.2, 0) is 17.8 Å². The van der Waals surface area contributed by atoms with Gasteiger partial charge in [0.05, 0.1) is 6.04 Å². The molecular formula is C28H32N2O4. The quantitative estimate of drug-likeness (QED) is 0.493. The molecule has 6 nitrogen and oxygen atoms in total. The summed E-state index contributed by atoms with van der Waals surface area (Å²) >= 11 is 0. The van der Waals surface area contributed by atoms with Gasteiger partial charge >= 0.3 is 0 Å². The van der Waals surface area contributed by atoms with Gasteiger partial charge < -0.3 is 19.0 Å². The first-order valence-corrected chi connectivity index (χ1v) is 11.8. The summed E-state index contributed by atoms with van der Waals surface area (Å²) < 4.78 is 11.7. The Bertz CT molecular complexity index is 1150. The van der Waals surface area contributed by atoms with E-state index < -0.39 is 0 Å². The smallest absolute Gasteiger partial charge is 0.289 e. The number of fused-ring (bicyclic) bond motifs is 1. The second-order valence-electron chi connectivity index (χ2n) is 8.98. The van der Waals surface area contributed by atoms with Gasteiger partial charge in [0.25, 0.3) is 5.91 Å². The Balaban J connectivity index is 1.58. The zero-order valence-electron chi connectivity index (χ0n) is 20.3. The van der Waals surface area contributed by atoms with Crippen LogP contribution >= 0.6 is 0 Å². The highest BCUT2D eigenvalue weighted by Gasteiger charge is 2.33. The van der Waals surface area contributed by atoms with Crippen LogP contribution in [0.25, 0.3) is 0 Å². The fraction of sp³-hybridized carbons (Fsp3) is 0.357. The van der Waals surface area contributed by atoms with Crippen molar-refractivity contribution in [3.8, 4) is 5.75 Å². The molecule has 0 spiro atoms. The van der Waals surface area contributed by atoms with Gasteiger partial charge in [0.2, 0.25) is 5.91 Å². The summed E-state index contributed by atoms with van der Waals surface area (Å²) in [4.78, 5) is 28.9. The topological polar surface area (TPSA) is 63.0 Å². The van der Waals surface area contributed by atoms with Crippen LogP contribution < -0.4 is 4.74 Å². The largest absolute Gasteiger partial charge is 0.486 e. The van der Waals surface area contributed by atoms with Crippen LogP contribution in [0.15, 0.2) is 65.1 Å². The van der Waals surface area contributed by atoms with E-state index in [4.69, 9.17) is 9.15 Å². The average molecular weight is 461 g/mol. The number of benzene rings is 2. The number of ether oxygens (including phenoxy) is 1. The summed E-state index contributed by atoms with van der Waals surface area (Å²) in [5.74, 6) is 1.52. The van der Waals surface area contributed by atoms with Crippen molar-refractivity contribution in [2.45, 2.75) is 39.8 Å². The molecule has 4 rings (SSSR count). The van der Waals surface area contributed by atoms with Gasteiger partial charge in [0.1, 0.15) is 18.1 Å². The summed E-state index contributed by atoms with van der Waals surface area (Å²) in [7, 11) is 1.74. The van der Waals surface area contributed by atoms with Gasteiger partial charge in [-0.15, -0.1) is 0 Å². The van der Waals surface area contributed by atoms with Crippen LogP contribution in [-0.4, -0.2) is 41.8 Å². The standard InChI is InChI=1S/C28H32N2O4/c1-5-29(4)28(32)25-14-13-23(34-25)18-33-22-12-11-20-15-16-30(27(31)19(2)3)26(24(20)17-22)21-9-7-6-8-10-21/h6-14,17,19,26H,5,15-16,18H2,1-4H3/t26-/m1/s1. The molecule has 1 aliphatic rings.